The molecule has 2 rings (SSSR count). The number of likely N-dealkylation sites (tertiary alicyclic amines) is 1. The second-order valence-electron chi connectivity index (χ2n) is 5.01. The van der Waals surface area contributed by atoms with Crippen molar-refractivity contribution in [1.29, 1.82) is 0 Å². The zero-order valence-electron chi connectivity index (χ0n) is 9.08. The lowest BCUT2D eigenvalue weighted by Crippen LogP contribution is -2.50. The van der Waals surface area contributed by atoms with Gasteiger partial charge >= 0.3 is 0 Å². The second kappa shape index (κ2) is 3.80. The fourth-order valence-corrected chi connectivity index (χ4v) is 2.43. The van der Waals surface area contributed by atoms with Gasteiger partial charge in [-0.2, -0.15) is 0 Å². The summed E-state index contributed by atoms with van der Waals surface area (Å²) in [6.45, 7) is 4.78. The molecular formula is C11H22N2O. The minimum Gasteiger partial charge on any atom is -0.389 e. The van der Waals surface area contributed by atoms with E-state index < -0.39 is 5.60 Å². The predicted molar refractivity (Wildman–Crippen MR) is 57.0 cm³/mol. The molecule has 3 N–H and O–H groups in total. The largest absolute Gasteiger partial charge is 0.389 e. The van der Waals surface area contributed by atoms with Crippen molar-refractivity contribution in [3.8, 4) is 0 Å². The van der Waals surface area contributed by atoms with Gasteiger partial charge in [0.15, 0.2) is 0 Å². The fraction of sp³-hybridized carbons (Fsp3) is 1.00. The van der Waals surface area contributed by atoms with E-state index in [4.69, 9.17) is 5.73 Å². The number of rotatable bonds is 3. The molecule has 0 radical (unpaired) electrons. The Hall–Kier alpha value is -0.120. The van der Waals surface area contributed by atoms with E-state index in [0.717, 1.165) is 32.0 Å². The van der Waals surface area contributed by atoms with Crippen molar-refractivity contribution in [2.45, 2.75) is 44.2 Å². The minimum absolute atomic E-state index is 0.240. The lowest BCUT2D eigenvalue weighted by atomic mass is 9.80. The molecule has 0 bridgehead atoms. The van der Waals surface area contributed by atoms with Crippen LogP contribution in [-0.4, -0.2) is 41.3 Å². The smallest absolute Gasteiger partial charge is 0.0709 e. The van der Waals surface area contributed by atoms with E-state index in [1.54, 1.807) is 0 Å². The van der Waals surface area contributed by atoms with E-state index in [-0.39, 0.29) is 5.92 Å². The zero-order chi connectivity index (χ0) is 10.2. The number of nitrogens with zero attached hydrogens (tertiary/aromatic N) is 1. The maximum atomic E-state index is 10.4. The predicted octanol–water partition coefficient (Wildman–Crippen LogP) is 0.570. The van der Waals surface area contributed by atoms with Gasteiger partial charge in [0.2, 0.25) is 0 Å². The third-order valence-electron chi connectivity index (χ3n) is 4.00. The van der Waals surface area contributed by atoms with E-state index >= 15 is 0 Å². The Bertz CT molecular complexity index is 195. The first-order valence-corrected chi connectivity index (χ1v) is 5.82. The highest BCUT2D eigenvalue weighted by atomic mass is 16.3. The quantitative estimate of drug-likeness (QED) is 0.697. The zero-order valence-corrected chi connectivity index (χ0v) is 9.08. The highest BCUT2D eigenvalue weighted by Crippen LogP contribution is 2.35. The molecule has 0 aromatic rings. The molecule has 1 saturated heterocycles. The summed E-state index contributed by atoms with van der Waals surface area (Å²) in [5, 5.41) is 10.4. The molecule has 0 aromatic heterocycles. The van der Waals surface area contributed by atoms with E-state index in [9.17, 15) is 5.11 Å². The van der Waals surface area contributed by atoms with E-state index in [2.05, 4.69) is 11.8 Å². The summed E-state index contributed by atoms with van der Waals surface area (Å²) in [6.07, 6.45) is 4.54. The first-order chi connectivity index (χ1) is 6.65. The topological polar surface area (TPSA) is 49.5 Å². The van der Waals surface area contributed by atoms with Crippen LogP contribution in [0, 0.1) is 5.92 Å². The van der Waals surface area contributed by atoms with E-state index in [0.29, 0.717) is 6.54 Å². The van der Waals surface area contributed by atoms with Gasteiger partial charge in [0.1, 0.15) is 0 Å². The van der Waals surface area contributed by atoms with Crippen LogP contribution in [0.2, 0.25) is 0 Å². The molecule has 1 aliphatic heterocycles. The summed E-state index contributed by atoms with van der Waals surface area (Å²) in [5.74, 6) is 0.240. The van der Waals surface area contributed by atoms with Crippen LogP contribution in [0.5, 0.6) is 0 Å². The van der Waals surface area contributed by atoms with Gasteiger partial charge in [0.05, 0.1) is 5.60 Å². The maximum absolute atomic E-state index is 10.4. The van der Waals surface area contributed by atoms with Gasteiger partial charge in [-0.15, -0.1) is 0 Å². The Morgan fingerprint density at radius 3 is 2.43 bits per heavy atom. The standard InChI is InChI=1S/C11H22N2O/c1-9(8-12)11(14)4-6-13(7-5-11)10-2-3-10/h9-10,14H,2-8,12H2,1H3. The molecule has 82 valence electrons. The Morgan fingerprint density at radius 1 is 1.43 bits per heavy atom. The summed E-state index contributed by atoms with van der Waals surface area (Å²) >= 11 is 0. The number of aliphatic hydroxyl groups is 1. The summed E-state index contributed by atoms with van der Waals surface area (Å²) in [7, 11) is 0. The van der Waals surface area contributed by atoms with Crippen LogP contribution in [-0.2, 0) is 0 Å². The average molecular weight is 198 g/mol. The highest BCUT2D eigenvalue weighted by Gasteiger charge is 2.40. The number of nitrogens with two attached hydrogens (primary N) is 1. The average Bonchev–Trinajstić information content (AvgIpc) is 3.01. The van der Waals surface area contributed by atoms with Crippen molar-refractivity contribution in [3.63, 3.8) is 0 Å². The van der Waals surface area contributed by atoms with Crippen LogP contribution < -0.4 is 5.73 Å². The molecule has 3 nitrogen and oxygen atoms in total. The first kappa shape index (κ1) is 10.4. The normalized spacial score (nSPS) is 30.2. The Morgan fingerprint density at radius 2 is 2.00 bits per heavy atom. The SMILES string of the molecule is CC(CN)C1(O)CCN(C2CC2)CC1. The summed E-state index contributed by atoms with van der Waals surface area (Å²) in [4.78, 5) is 2.53. The van der Waals surface area contributed by atoms with Crippen LogP contribution >= 0.6 is 0 Å². The molecule has 0 amide bonds. The third-order valence-corrected chi connectivity index (χ3v) is 4.00. The van der Waals surface area contributed by atoms with Gasteiger partial charge in [0.25, 0.3) is 0 Å². The van der Waals surface area contributed by atoms with Crippen molar-refractivity contribution in [2.24, 2.45) is 11.7 Å². The summed E-state index contributed by atoms with van der Waals surface area (Å²) < 4.78 is 0. The molecule has 1 atom stereocenters. The molecule has 1 unspecified atom stereocenters. The van der Waals surface area contributed by atoms with E-state index in [1.165, 1.54) is 12.8 Å². The Kier molecular flexibility index (Phi) is 2.82. The number of hydrogen-bond donors (Lipinski definition) is 2. The molecule has 14 heavy (non-hydrogen) atoms. The fourth-order valence-electron chi connectivity index (χ4n) is 2.43. The second-order valence-corrected chi connectivity index (χ2v) is 5.01. The van der Waals surface area contributed by atoms with Gasteiger partial charge in [-0.25, -0.2) is 0 Å². The summed E-state index contributed by atoms with van der Waals surface area (Å²) in [6, 6.07) is 0.840. The van der Waals surface area contributed by atoms with Gasteiger partial charge < -0.3 is 15.7 Å². The minimum atomic E-state index is -0.486. The molecule has 0 spiro atoms. The van der Waals surface area contributed by atoms with Crippen molar-refractivity contribution in [2.75, 3.05) is 19.6 Å². The van der Waals surface area contributed by atoms with Crippen molar-refractivity contribution >= 4 is 0 Å². The van der Waals surface area contributed by atoms with Crippen molar-refractivity contribution in [3.05, 3.63) is 0 Å². The maximum Gasteiger partial charge on any atom is 0.0709 e. The van der Waals surface area contributed by atoms with E-state index in [1.807, 2.05) is 0 Å². The van der Waals surface area contributed by atoms with Crippen molar-refractivity contribution < 1.29 is 5.11 Å². The first-order valence-electron chi connectivity index (χ1n) is 5.82. The number of hydrogen-bond acceptors (Lipinski definition) is 3. The lowest BCUT2D eigenvalue weighted by molar-refractivity contribution is -0.0603. The van der Waals surface area contributed by atoms with Crippen LogP contribution in [0.15, 0.2) is 0 Å². The molecule has 1 saturated carbocycles. The molecule has 2 fully saturated rings. The number of piperidine rings is 1. The molecule has 1 heterocycles. The molecule has 1 aliphatic carbocycles. The Labute approximate surface area is 86.3 Å². The van der Waals surface area contributed by atoms with Gasteiger partial charge in [-0.05, 0) is 38.1 Å². The van der Waals surface area contributed by atoms with Gasteiger partial charge in [0, 0.05) is 19.1 Å². The van der Waals surface area contributed by atoms with Crippen LogP contribution in [0.1, 0.15) is 32.6 Å². The van der Waals surface area contributed by atoms with Crippen LogP contribution in [0.25, 0.3) is 0 Å². The lowest BCUT2D eigenvalue weighted by Gasteiger charge is -2.41. The van der Waals surface area contributed by atoms with Crippen LogP contribution in [0.3, 0.4) is 0 Å². The van der Waals surface area contributed by atoms with Gasteiger partial charge in [-0.1, -0.05) is 6.92 Å². The van der Waals surface area contributed by atoms with Crippen molar-refractivity contribution in [1.82, 2.24) is 4.90 Å². The highest BCUT2D eigenvalue weighted by molar-refractivity contribution is 4.94. The monoisotopic (exact) mass is 198 g/mol. The Balaban J connectivity index is 1.86. The molecule has 3 heteroatoms. The molecule has 0 aromatic carbocycles. The molecular weight excluding hydrogens is 176 g/mol. The summed E-state index contributed by atoms with van der Waals surface area (Å²) in [5.41, 5.74) is 5.14. The van der Waals surface area contributed by atoms with Crippen LogP contribution in [0.4, 0.5) is 0 Å². The molecule has 2 aliphatic rings. The van der Waals surface area contributed by atoms with Gasteiger partial charge in [-0.3, -0.25) is 0 Å². The third kappa shape index (κ3) is 1.95.